The van der Waals surface area contributed by atoms with Gasteiger partial charge in [0.15, 0.2) is 6.10 Å². The molecule has 5 heteroatoms. The first-order valence-electron chi connectivity index (χ1n) is 8.28. The van der Waals surface area contributed by atoms with Crippen molar-refractivity contribution in [3.8, 4) is 0 Å². The van der Waals surface area contributed by atoms with Crippen molar-refractivity contribution >= 4 is 17.6 Å². The lowest BCUT2D eigenvalue weighted by Crippen LogP contribution is -2.39. The molecular formula is C20H21NO4. The Labute approximate surface area is 147 Å². The largest absolute Gasteiger partial charge is 0.449 e. The molecule has 2 aromatic carbocycles. The molecule has 1 amide bonds. The highest BCUT2D eigenvalue weighted by Crippen LogP contribution is 2.28. The van der Waals surface area contributed by atoms with E-state index in [1.165, 1.54) is 0 Å². The topological polar surface area (TPSA) is 55.8 Å². The maximum absolute atomic E-state index is 12.7. The minimum Gasteiger partial charge on any atom is -0.449 e. The van der Waals surface area contributed by atoms with Gasteiger partial charge in [0, 0.05) is 19.3 Å². The van der Waals surface area contributed by atoms with Crippen molar-refractivity contribution in [1.82, 2.24) is 0 Å². The normalized spacial score (nSPS) is 14.1. The van der Waals surface area contributed by atoms with Gasteiger partial charge in [-0.25, -0.2) is 4.79 Å². The maximum atomic E-state index is 12.7. The van der Waals surface area contributed by atoms with Crippen LogP contribution < -0.4 is 4.90 Å². The van der Waals surface area contributed by atoms with Crippen LogP contribution in [0, 0.1) is 0 Å². The Hall–Kier alpha value is -2.66. The van der Waals surface area contributed by atoms with E-state index in [0.717, 1.165) is 23.2 Å². The molecule has 2 aromatic rings. The molecule has 0 saturated heterocycles. The third-order valence-electron chi connectivity index (χ3n) is 4.26. The number of hydrogen-bond acceptors (Lipinski definition) is 4. The molecule has 25 heavy (non-hydrogen) atoms. The second-order valence-electron chi connectivity index (χ2n) is 6.05. The first-order chi connectivity index (χ1) is 12.1. The predicted molar refractivity (Wildman–Crippen MR) is 94.5 cm³/mol. The molecule has 1 unspecified atom stereocenters. The van der Waals surface area contributed by atoms with Crippen LogP contribution in [-0.2, 0) is 27.3 Å². The Balaban J connectivity index is 1.68. The average molecular weight is 339 g/mol. The summed E-state index contributed by atoms with van der Waals surface area (Å²) in [6.07, 6.45) is -0.0218. The molecule has 0 bridgehead atoms. The molecule has 1 aliphatic rings. The van der Waals surface area contributed by atoms with Gasteiger partial charge in [0.05, 0.1) is 12.2 Å². The molecule has 3 rings (SSSR count). The fourth-order valence-electron chi connectivity index (χ4n) is 3.02. The summed E-state index contributed by atoms with van der Waals surface area (Å²) >= 11 is 0. The summed E-state index contributed by atoms with van der Waals surface area (Å²) in [4.78, 5) is 26.7. The van der Waals surface area contributed by atoms with Gasteiger partial charge in [-0.05, 0) is 42.7 Å². The summed E-state index contributed by atoms with van der Waals surface area (Å²) in [5.41, 5.74) is 3.33. The minimum atomic E-state index is -0.843. The molecule has 0 aromatic heterocycles. The molecule has 1 atom stereocenters. The number of rotatable bonds is 5. The SMILES string of the molecule is COCc1cccc(C(=O)OC(C)C(=O)N2CCc3ccccc32)c1. The van der Waals surface area contributed by atoms with Crippen molar-refractivity contribution in [3.05, 3.63) is 65.2 Å². The lowest BCUT2D eigenvalue weighted by atomic mass is 10.1. The van der Waals surface area contributed by atoms with Crippen LogP contribution in [0.2, 0.25) is 0 Å². The van der Waals surface area contributed by atoms with Gasteiger partial charge in [0.25, 0.3) is 5.91 Å². The fraction of sp³-hybridized carbons (Fsp3) is 0.300. The third-order valence-corrected chi connectivity index (χ3v) is 4.26. The Morgan fingerprint density at radius 1 is 1.16 bits per heavy atom. The second kappa shape index (κ2) is 7.49. The zero-order valence-electron chi connectivity index (χ0n) is 14.4. The summed E-state index contributed by atoms with van der Waals surface area (Å²) in [6.45, 7) is 2.64. The van der Waals surface area contributed by atoms with Crippen molar-refractivity contribution in [2.75, 3.05) is 18.6 Å². The fourth-order valence-corrected chi connectivity index (χ4v) is 3.02. The standard InChI is InChI=1S/C20H21NO4/c1-14(19(22)21-11-10-16-7-3-4-9-18(16)21)25-20(23)17-8-5-6-15(12-17)13-24-2/h3-9,12,14H,10-11,13H2,1-2H3. The highest BCUT2D eigenvalue weighted by Gasteiger charge is 2.29. The van der Waals surface area contributed by atoms with Crippen molar-refractivity contribution in [3.63, 3.8) is 0 Å². The molecule has 0 fully saturated rings. The number of ether oxygens (including phenoxy) is 2. The average Bonchev–Trinajstić information content (AvgIpc) is 3.05. The van der Waals surface area contributed by atoms with Gasteiger partial charge in [-0.3, -0.25) is 4.79 Å². The molecule has 1 heterocycles. The highest BCUT2D eigenvalue weighted by atomic mass is 16.5. The number of hydrogen-bond donors (Lipinski definition) is 0. The summed E-state index contributed by atoms with van der Waals surface area (Å²) in [5.74, 6) is -0.711. The maximum Gasteiger partial charge on any atom is 0.338 e. The molecular weight excluding hydrogens is 318 g/mol. The van der Waals surface area contributed by atoms with Gasteiger partial charge >= 0.3 is 5.97 Å². The third kappa shape index (κ3) is 3.72. The first-order valence-corrected chi connectivity index (χ1v) is 8.28. The van der Waals surface area contributed by atoms with Gasteiger partial charge in [-0.2, -0.15) is 0 Å². The zero-order chi connectivity index (χ0) is 17.8. The molecule has 0 aliphatic carbocycles. The highest BCUT2D eigenvalue weighted by molar-refractivity contribution is 6.00. The number of benzene rings is 2. The smallest absolute Gasteiger partial charge is 0.338 e. The van der Waals surface area contributed by atoms with E-state index in [1.54, 1.807) is 37.1 Å². The molecule has 0 spiro atoms. The van der Waals surface area contributed by atoms with Crippen LogP contribution in [0.25, 0.3) is 0 Å². The van der Waals surface area contributed by atoms with Crippen LogP contribution in [0.3, 0.4) is 0 Å². The van der Waals surface area contributed by atoms with Gasteiger partial charge in [-0.1, -0.05) is 30.3 Å². The summed E-state index contributed by atoms with van der Waals surface area (Å²) in [5, 5.41) is 0. The Kier molecular flexibility index (Phi) is 5.14. The van der Waals surface area contributed by atoms with Crippen molar-refractivity contribution in [2.24, 2.45) is 0 Å². The number of fused-ring (bicyclic) bond motifs is 1. The van der Waals surface area contributed by atoms with Crippen LogP contribution in [-0.4, -0.2) is 31.6 Å². The number of carbonyl (C=O) groups excluding carboxylic acids is 2. The Morgan fingerprint density at radius 2 is 1.96 bits per heavy atom. The van der Waals surface area contributed by atoms with Gasteiger partial charge in [0.2, 0.25) is 0 Å². The van der Waals surface area contributed by atoms with E-state index in [0.29, 0.717) is 18.7 Å². The van der Waals surface area contributed by atoms with Crippen LogP contribution in [0.15, 0.2) is 48.5 Å². The predicted octanol–water partition coefficient (Wildman–Crippen LogP) is 2.97. The number of esters is 1. The van der Waals surface area contributed by atoms with Crippen LogP contribution >= 0.6 is 0 Å². The summed E-state index contributed by atoms with van der Waals surface area (Å²) in [6, 6.07) is 14.8. The van der Waals surface area contributed by atoms with E-state index in [2.05, 4.69) is 0 Å². The number of amides is 1. The van der Waals surface area contributed by atoms with Crippen LogP contribution in [0.1, 0.15) is 28.4 Å². The van der Waals surface area contributed by atoms with E-state index < -0.39 is 12.1 Å². The molecule has 0 radical (unpaired) electrons. The van der Waals surface area contributed by atoms with Crippen molar-refractivity contribution < 1.29 is 19.1 Å². The number of methoxy groups -OCH3 is 1. The summed E-state index contributed by atoms with van der Waals surface area (Å²) < 4.78 is 10.5. The van der Waals surface area contributed by atoms with E-state index in [9.17, 15) is 9.59 Å². The molecule has 5 nitrogen and oxygen atoms in total. The van der Waals surface area contributed by atoms with Crippen molar-refractivity contribution in [1.29, 1.82) is 0 Å². The molecule has 1 aliphatic heterocycles. The monoisotopic (exact) mass is 339 g/mol. The van der Waals surface area contributed by atoms with Gasteiger partial charge in [0.1, 0.15) is 0 Å². The second-order valence-corrected chi connectivity index (χ2v) is 6.05. The summed E-state index contributed by atoms with van der Waals surface area (Å²) in [7, 11) is 1.60. The van der Waals surface area contributed by atoms with Gasteiger partial charge in [-0.15, -0.1) is 0 Å². The lowest BCUT2D eigenvalue weighted by Gasteiger charge is -2.21. The van der Waals surface area contributed by atoms with E-state index in [4.69, 9.17) is 9.47 Å². The van der Waals surface area contributed by atoms with Crippen molar-refractivity contribution in [2.45, 2.75) is 26.1 Å². The van der Waals surface area contributed by atoms with E-state index in [-0.39, 0.29) is 5.91 Å². The molecule has 0 N–H and O–H groups in total. The number of carbonyl (C=O) groups is 2. The first kappa shape index (κ1) is 17.2. The van der Waals surface area contributed by atoms with E-state index in [1.807, 2.05) is 30.3 Å². The number of nitrogens with zero attached hydrogens (tertiary/aromatic N) is 1. The quantitative estimate of drug-likeness (QED) is 0.786. The Bertz CT molecular complexity index is 787. The number of anilines is 1. The van der Waals surface area contributed by atoms with Gasteiger partial charge < -0.3 is 14.4 Å². The molecule has 0 saturated carbocycles. The zero-order valence-corrected chi connectivity index (χ0v) is 14.4. The lowest BCUT2D eigenvalue weighted by molar-refractivity contribution is -0.126. The van der Waals surface area contributed by atoms with E-state index >= 15 is 0 Å². The van der Waals surface area contributed by atoms with Crippen LogP contribution in [0.5, 0.6) is 0 Å². The van der Waals surface area contributed by atoms with Crippen LogP contribution in [0.4, 0.5) is 5.69 Å². The molecule has 130 valence electrons. The minimum absolute atomic E-state index is 0.202. The Morgan fingerprint density at radius 3 is 2.76 bits per heavy atom. The number of para-hydroxylation sites is 1.